The number of hydrogen-bond donors (Lipinski definition) is 1. The third-order valence-corrected chi connectivity index (χ3v) is 6.50. The molecule has 2 aromatic rings. The molecule has 1 atom stereocenters. The standard InChI is InChI=1S/C24H32FN3O4S/c1-6-14-26-24(30)19(4)27(15-20-12-7-8-13-21(20)25)22(29)16-28(33(5,31)32)23-17(2)10-9-11-18(23)3/h7-13,19H,6,14-16H2,1-5H3,(H,26,30). The molecule has 0 heterocycles. The summed E-state index contributed by atoms with van der Waals surface area (Å²) in [7, 11) is -3.82. The van der Waals surface area contributed by atoms with E-state index in [1.165, 1.54) is 23.1 Å². The minimum Gasteiger partial charge on any atom is -0.354 e. The number of benzene rings is 2. The van der Waals surface area contributed by atoms with Crippen LogP contribution in [0.15, 0.2) is 42.5 Å². The number of carbonyl (C=O) groups is 2. The lowest BCUT2D eigenvalue weighted by Crippen LogP contribution is -2.51. The highest BCUT2D eigenvalue weighted by atomic mass is 32.2. The molecule has 1 unspecified atom stereocenters. The Labute approximate surface area is 195 Å². The van der Waals surface area contributed by atoms with Gasteiger partial charge < -0.3 is 10.2 Å². The molecule has 0 spiro atoms. The van der Waals surface area contributed by atoms with Gasteiger partial charge in [-0.15, -0.1) is 0 Å². The van der Waals surface area contributed by atoms with E-state index in [2.05, 4.69) is 5.32 Å². The Kier molecular flexibility index (Phi) is 8.99. The van der Waals surface area contributed by atoms with E-state index >= 15 is 0 Å². The molecule has 0 aliphatic carbocycles. The number of carbonyl (C=O) groups excluding carboxylic acids is 2. The van der Waals surface area contributed by atoms with E-state index in [1.807, 2.05) is 6.92 Å². The highest BCUT2D eigenvalue weighted by Gasteiger charge is 2.31. The number of nitrogens with zero attached hydrogens (tertiary/aromatic N) is 2. The van der Waals surface area contributed by atoms with Crippen LogP contribution in [0, 0.1) is 19.7 Å². The van der Waals surface area contributed by atoms with Gasteiger partial charge in [-0.3, -0.25) is 13.9 Å². The molecule has 0 aliphatic heterocycles. The number of amides is 2. The number of halogens is 1. The molecule has 0 fully saturated rings. The van der Waals surface area contributed by atoms with E-state index < -0.39 is 34.3 Å². The summed E-state index contributed by atoms with van der Waals surface area (Å²) in [4.78, 5) is 27.3. The van der Waals surface area contributed by atoms with E-state index in [-0.39, 0.29) is 18.0 Å². The summed E-state index contributed by atoms with van der Waals surface area (Å²) in [5, 5.41) is 2.74. The van der Waals surface area contributed by atoms with Crippen LogP contribution in [0.3, 0.4) is 0 Å². The first-order valence-corrected chi connectivity index (χ1v) is 12.7. The minimum absolute atomic E-state index is 0.170. The Bertz CT molecular complexity index is 1080. The lowest BCUT2D eigenvalue weighted by molar-refractivity contribution is -0.139. The third kappa shape index (κ3) is 6.77. The molecular formula is C24H32FN3O4S. The Morgan fingerprint density at radius 3 is 2.21 bits per heavy atom. The molecule has 9 heteroatoms. The lowest BCUT2D eigenvalue weighted by atomic mass is 10.1. The van der Waals surface area contributed by atoms with E-state index in [4.69, 9.17) is 0 Å². The van der Waals surface area contributed by atoms with Crippen LogP contribution in [0.2, 0.25) is 0 Å². The first-order valence-electron chi connectivity index (χ1n) is 10.8. The average molecular weight is 478 g/mol. The second kappa shape index (κ2) is 11.3. The van der Waals surface area contributed by atoms with Gasteiger partial charge >= 0.3 is 0 Å². The van der Waals surface area contributed by atoms with Crippen LogP contribution >= 0.6 is 0 Å². The predicted octanol–water partition coefficient (Wildman–Crippen LogP) is 3.15. The topological polar surface area (TPSA) is 86.8 Å². The molecular weight excluding hydrogens is 445 g/mol. The van der Waals surface area contributed by atoms with Gasteiger partial charge in [-0.05, 0) is 44.4 Å². The van der Waals surface area contributed by atoms with Crippen molar-refractivity contribution in [3.05, 3.63) is 65.0 Å². The predicted molar refractivity (Wildman–Crippen MR) is 128 cm³/mol. The molecule has 2 aromatic carbocycles. The highest BCUT2D eigenvalue weighted by molar-refractivity contribution is 7.92. The van der Waals surface area contributed by atoms with Crippen molar-refractivity contribution in [2.24, 2.45) is 0 Å². The fourth-order valence-electron chi connectivity index (χ4n) is 3.56. The number of anilines is 1. The number of sulfonamides is 1. The van der Waals surface area contributed by atoms with E-state index in [0.717, 1.165) is 10.6 Å². The van der Waals surface area contributed by atoms with E-state index in [1.54, 1.807) is 45.0 Å². The average Bonchev–Trinajstić information content (AvgIpc) is 2.74. The summed E-state index contributed by atoms with van der Waals surface area (Å²) in [5.74, 6) is -1.50. The molecule has 180 valence electrons. The molecule has 0 saturated heterocycles. The lowest BCUT2D eigenvalue weighted by Gasteiger charge is -2.32. The zero-order chi connectivity index (χ0) is 24.8. The Balaban J connectivity index is 2.45. The number of nitrogens with one attached hydrogen (secondary N) is 1. The molecule has 0 radical (unpaired) electrons. The van der Waals surface area contributed by atoms with Crippen LogP contribution in [0.4, 0.5) is 10.1 Å². The number of hydrogen-bond acceptors (Lipinski definition) is 4. The van der Waals surface area contributed by atoms with Crippen LogP contribution in [0.5, 0.6) is 0 Å². The van der Waals surface area contributed by atoms with Gasteiger partial charge in [-0.1, -0.05) is 43.3 Å². The summed E-state index contributed by atoms with van der Waals surface area (Å²) in [6.07, 6.45) is 1.75. The Morgan fingerprint density at radius 1 is 1.06 bits per heavy atom. The van der Waals surface area contributed by atoms with Crippen LogP contribution in [0.1, 0.15) is 37.0 Å². The second-order valence-electron chi connectivity index (χ2n) is 8.09. The summed E-state index contributed by atoms with van der Waals surface area (Å²) in [5.41, 5.74) is 2.05. The smallest absolute Gasteiger partial charge is 0.244 e. The van der Waals surface area contributed by atoms with Gasteiger partial charge in [0.2, 0.25) is 21.8 Å². The van der Waals surface area contributed by atoms with Crippen molar-refractivity contribution in [1.82, 2.24) is 10.2 Å². The van der Waals surface area contributed by atoms with Gasteiger partial charge in [0.1, 0.15) is 18.4 Å². The zero-order valence-corrected chi connectivity index (χ0v) is 20.6. The molecule has 0 aliphatic rings. The number of rotatable bonds is 10. The molecule has 7 nitrogen and oxygen atoms in total. The molecule has 2 amide bonds. The molecule has 1 N–H and O–H groups in total. The molecule has 0 saturated carbocycles. The molecule has 2 rings (SSSR count). The van der Waals surface area contributed by atoms with Crippen molar-refractivity contribution < 1.29 is 22.4 Å². The summed E-state index contributed by atoms with van der Waals surface area (Å²) in [6.45, 7) is 6.74. The van der Waals surface area contributed by atoms with Crippen molar-refractivity contribution in [2.75, 3.05) is 23.7 Å². The first-order chi connectivity index (χ1) is 15.5. The van der Waals surface area contributed by atoms with Gasteiger partial charge in [0, 0.05) is 18.7 Å². The van der Waals surface area contributed by atoms with Gasteiger partial charge in [0.15, 0.2) is 0 Å². The molecule has 33 heavy (non-hydrogen) atoms. The van der Waals surface area contributed by atoms with Crippen LogP contribution in [0.25, 0.3) is 0 Å². The fraction of sp³-hybridized carbons (Fsp3) is 0.417. The molecule has 0 bridgehead atoms. The highest BCUT2D eigenvalue weighted by Crippen LogP contribution is 2.27. The molecule has 0 aromatic heterocycles. The minimum atomic E-state index is -3.82. The quantitative estimate of drug-likeness (QED) is 0.570. The van der Waals surface area contributed by atoms with E-state index in [0.29, 0.717) is 29.8 Å². The van der Waals surface area contributed by atoms with Crippen LogP contribution in [-0.2, 0) is 26.2 Å². The van der Waals surface area contributed by atoms with Crippen molar-refractivity contribution >= 4 is 27.5 Å². The Morgan fingerprint density at radius 2 is 1.67 bits per heavy atom. The van der Waals surface area contributed by atoms with E-state index in [9.17, 15) is 22.4 Å². The van der Waals surface area contributed by atoms with Gasteiger partial charge in [-0.2, -0.15) is 0 Å². The number of aryl methyl sites for hydroxylation is 2. The monoisotopic (exact) mass is 477 g/mol. The largest absolute Gasteiger partial charge is 0.354 e. The zero-order valence-electron chi connectivity index (χ0n) is 19.8. The third-order valence-electron chi connectivity index (χ3n) is 5.38. The second-order valence-corrected chi connectivity index (χ2v) is 10.00. The fourth-order valence-corrected chi connectivity index (χ4v) is 4.53. The first kappa shape index (κ1) is 26.3. The van der Waals surface area contributed by atoms with Gasteiger partial charge in [0.25, 0.3) is 0 Å². The maximum absolute atomic E-state index is 14.4. The van der Waals surface area contributed by atoms with Crippen LogP contribution in [-0.4, -0.2) is 50.5 Å². The number of para-hydroxylation sites is 1. The van der Waals surface area contributed by atoms with Crippen molar-refractivity contribution in [3.8, 4) is 0 Å². The maximum atomic E-state index is 14.4. The van der Waals surface area contributed by atoms with Gasteiger partial charge in [-0.25, -0.2) is 12.8 Å². The van der Waals surface area contributed by atoms with Crippen molar-refractivity contribution in [2.45, 2.75) is 46.7 Å². The normalized spacial score (nSPS) is 12.2. The summed E-state index contributed by atoms with van der Waals surface area (Å²) >= 11 is 0. The summed E-state index contributed by atoms with van der Waals surface area (Å²) in [6, 6.07) is 10.4. The van der Waals surface area contributed by atoms with Gasteiger partial charge in [0.05, 0.1) is 11.9 Å². The SMILES string of the molecule is CCCNC(=O)C(C)N(Cc1ccccc1F)C(=O)CN(c1c(C)cccc1C)S(C)(=O)=O. The van der Waals surface area contributed by atoms with Crippen molar-refractivity contribution in [1.29, 1.82) is 0 Å². The summed E-state index contributed by atoms with van der Waals surface area (Å²) < 4.78 is 40.7. The Hall–Kier alpha value is -2.94. The van der Waals surface area contributed by atoms with Crippen LogP contribution < -0.4 is 9.62 Å². The van der Waals surface area contributed by atoms with Crippen molar-refractivity contribution in [3.63, 3.8) is 0 Å². The maximum Gasteiger partial charge on any atom is 0.244 e.